The molecule has 236 valence electrons. The van der Waals surface area contributed by atoms with Gasteiger partial charge < -0.3 is 10.2 Å². The van der Waals surface area contributed by atoms with E-state index < -0.39 is 40.2 Å². The van der Waals surface area contributed by atoms with Crippen LogP contribution in [0.1, 0.15) is 25.0 Å². The third-order valence-corrected chi connectivity index (χ3v) is 9.57. The lowest BCUT2D eigenvalue weighted by molar-refractivity contribution is -0.140. The number of sulfonamides is 1. The number of benzene rings is 4. The summed E-state index contributed by atoms with van der Waals surface area (Å²) < 4.78 is 42.6. The van der Waals surface area contributed by atoms with Crippen molar-refractivity contribution in [3.05, 3.63) is 130 Å². The van der Waals surface area contributed by atoms with E-state index in [0.717, 1.165) is 34.1 Å². The summed E-state index contributed by atoms with van der Waals surface area (Å²) in [5, 5.41) is 3.52. The molecule has 1 N–H and O–H groups in total. The molecule has 0 saturated carbocycles. The molecule has 0 saturated heterocycles. The van der Waals surface area contributed by atoms with Crippen LogP contribution in [0.5, 0.6) is 0 Å². The third kappa shape index (κ3) is 8.84. The summed E-state index contributed by atoms with van der Waals surface area (Å²) in [7, 11) is -4.35. The predicted molar refractivity (Wildman–Crippen MR) is 176 cm³/mol. The van der Waals surface area contributed by atoms with E-state index in [2.05, 4.69) is 5.32 Å². The highest BCUT2D eigenvalue weighted by Gasteiger charge is 2.35. The van der Waals surface area contributed by atoms with Gasteiger partial charge in [-0.3, -0.25) is 13.9 Å². The summed E-state index contributed by atoms with van der Waals surface area (Å²) in [5.41, 5.74) is 1.43. The second kappa shape index (κ2) is 15.4. The maximum Gasteiger partial charge on any atom is 0.264 e. The second-order valence-electron chi connectivity index (χ2n) is 10.9. The van der Waals surface area contributed by atoms with E-state index in [1.54, 1.807) is 48.5 Å². The van der Waals surface area contributed by atoms with Crippen LogP contribution in [0.2, 0.25) is 10.0 Å². The van der Waals surface area contributed by atoms with Crippen LogP contribution in [-0.4, -0.2) is 44.3 Å². The largest absolute Gasteiger partial charge is 0.354 e. The van der Waals surface area contributed by atoms with Crippen molar-refractivity contribution >= 4 is 50.7 Å². The number of hydrogen-bond donors (Lipinski definition) is 1. The third-order valence-electron chi connectivity index (χ3n) is 7.07. The van der Waals surface area contributed by atoms with Gasteiger partial charge in [0, 0.05) is 35.1 Å². The summed E-state index contributed by atoms with van der Waals surface area (Å²) in [6.07, 6.45) is 0.147. The van der Waals surface area contributed by atoms with Crippen molar-refractivity contribution in [2.75, 3.05) is 17.4 Å². The number of halogens is 3. The minimum atomic E-state index is -4.35. The molecule has 4 aromatic carbocycles. The van der Waals surface area contributed by atoms with E-state index >= 15 is 0 Å². The van der Waals surface area contributed by atoms with Gasteiger partial charge in [0.05, 0.1) is 10.6 Å². The molecule has 7 nitrogen and oxygen atoms in total. The molecular formula is C34H34Cl2FN3O4S. The van der Waals surface area contributed by atoms with Gasteiger partial charge in [0.25, 0.3) is 10.0 Å². The molecule has 0 fully saturated rings. The van der Waals surface area contributed by atoms with Crippen LogP contribution < -0.4 is 9.62 Å². The molecule has 4 rings (SSSR count). The lowest BCUT2D eigenvalue weighted by Gasteiger charge is -2.34. The lowest BCUT2D eigenvalue weighted by Crippen LogP contribution is -2.53. The van der Waals surface area contributed by atoms with Crippen LogP contribution in [0.15, 0.2) is 108 Å². The van der Waals surface area contributed by atoms with E-state index in [4.69, 9.17) is 23.2 Å². The van der Waals surface area contributed by atoms with Crippen molar-refractivity contribution < 1.29 is 22.4 Å². The predicted octanol–water partition coefficient (Wildman–Crippen LogP) is 6.74. The van der Waals surface area contributed by atoms with Gasteiger partial charge >= 0.3 is 0 Å². The molecule has 0 aliphatic heterocycles. The van der Waals surface area contributed by atoms with Crippen molar-refractivity contribution in [3.8, 4) is 0 Å². The maximum absolute atomic E-state index is 14.5. The maximum atomic E-state index is 14.5. The molecule has 0 aliphatic carbocycles. The van der Waals surface area contributed by atoms with Crippen LogP contribution in [0.3, 0.4) is 0 Å². The molecule has 0 bridgehead atoms. The summed E-state index contributed by atoms with van der Waals surface area (Å²) >= 11 is 13.1. The van der Waals surface area contributed by atoms with Crippen LogP contribution >= 0.6 is 23.2 Å². The first-order chi connectivity index (χ1) is 21.5. The van der Waals surface area contributed by atoms with E-state index in [1.807, 2.05) is 44.2 Å². The van der Waals surface area contributed by atoms with E-state index in [9.17, 15) is 22.4 Å². The summed E-state index contributed by atoms with van der Waals surface area (Å²) in [6, 6.07) is 25.6. The van der Waals surface area contributed by atoms with Gasteiger partial charge in [0.15, 0.2) is 0 Å². The minimum Gasteiger partial charge on any atom is -0.354 e. The molecule has 1 unspecified atom stereocenters. The highest BCUT2D eigenvalue weighted by molar-refractivity contribution is 7.92. The van der Waals surface area contributed by atoms with Crippen molar-refractivity contribution in [2.24, 2.45) is 5.92 Å². The Morgan fingerprint density at radius 2 is 1.40 bits per heavy atom. The van der Waals surface area contributed by atoms with Crippen molar-refractivity contribution in [1.29, 1.82) is 0 Å². The van der Waals surface area contributed by atoms with E-state index in [-0.39, 0.29) is 29.5 Å². The molecule has 0 spiro atoms. The Labute approximate surface area is 273 Å². The molecule has 1 atom stereocenters. The van der Waals surface area contributed by atoms with Crippen molar-refractivity contribution in [1.82, 2.24) is 10.2 Å². The monoisotopic (exact) mass is 669 g/mol. The smallest absolute Gasteiger partial charge is 0.264 e. The number of nitrogens with zero attached hydrogens (tertiary/aromatic N) is 2. The van der Waals surface area contributed by atoms with Gasteiger partial charge in [0.2, 0.25) is 11.8 Å². The molecule has 0 aliphatic rings. The molecule has 0 radical (unpaired) electrons. The van der Waals surface area contributed by atoms with Gasteiger partial charge in [-0.05, 0) is 60.0 Å². The highest BCUT2D eigenvalue weighted by atomic mass is 35.5. The standard InChI is InChI=1S/C34H34Cl2FN3O4S/c1-24(2)21-38-34(42)32(20-25-10-5-3-6-11-25)39(22-29-30(35)14-9-15-31(29)36)33(41)23-40(27-12-7-4-8-13-27)45(43,44)28-18-16-26(37)17-19-28/h3-19,24,32H,20-23H2,1-2H3,(H,38,42). The number of nitrogens with one attached hydrogen (secondary N) is 1. The number of hydrogen-bond acceptors (Lipinski definition) is 4. The zero-order chi connectivity index (χ0) is 32.6. The summed E-state index contributed by atoms with van der Waals surface area (Å²) in [6.45, 7) is 3.46. The average Bonchev–Trinajstić information content (AvgIpc) is 3.02. The normalized spacial score (nSPS) is 12.0. The van der Waals surface area contributed by atoms with Gasteiger partial charge in [-0.2, -0.15) is 0 Å². The summed E-state index contributed by atoms with van der Waals surface area (Å²) in [5.74, 6) is -1.53. The average molecular weight is 671 g/mol. The first kappa shape index (κ1) is 34.0. The molecular weight excluding hydrogens is 636 g/mol. The Bertz CT molecular complexity index is 1690. The van der Waals surface area contributed by atoms with Crippen molar-refractivity contribution in [2.45, 2.75) is 37.8 Å². The van der Waals surface area contributed by atoms with Gasteiger partial charge in [-0.25, -0.2) is 12.8 Å². The summed E-state index contributed by atoms with van der Waals surface area (Å²) in [4.78, 5) is 29.4. The highest BCUT2D eigenvalue weighted by Crippen LogP contribution is 2.29. The zero-order valence-electron chi connectivity index (χ0n) is 24.9. The number of para-hydroxylation sites is 1. The van der Waals surface area contributed by atoms with Gasteiger partial charge in [0.1, 0.15) is 18.4 Å². The second-order valence-corrected chi connectivity index (χ2v) is 13.5. The Hall–Kier alpha value is -3.92. The molecule has 0 heterocycles. The van der Waals surface area contributed by atoms with E-state index in [1.165, 1.54) is 4.90 Å². The molecule has 45 heavy (non-hydrogen) atoms. The lowest BCUT2D eigenvalue weighted by atomic mass is 10.0. The zero-order valence-corrected chi connectivity index (χ0v) is 27.2. The Balaban J connectivity index is 1.81. The first-order valence-electron chi connectivity index (χ1n) is 14.3. The topological polar surface area (TPSA) is 86.8 Å². The number of carbonyl (C=O) groups excluding carboxylic acids is 2. The minimum absolute atomic E-state index is 0.142. The van der Waals surface area contributed by atoms with E-state index in [0.29, 0.717) is 22.2 Å². The SMILES string of the molecule is CC(C)CNC(=O)C(Cc1ccccc1)N(Cc1c(Cl)cccc1Cl)C(=O)CN(c1ccccc1)S(=O)(=O)c1ccc(F)cc1. The molecule has 0 aromatic heterocycles. The Morgan fingerprint density at radius 1 is 0.822 bits per heavy atom. The molecule has 4 aromatic rings. The van der Waals surface area contributed by atoms with Gasteiger partial charge in [-0.1, -0.05) is 91.6 Å². The van der Waals surface area contributed by atoms with Crippen molar-refractivity contribution in [3.63, 3.8) is 0 Å². The van der Waals surface area contributed by atoms with Crippen LogP contribution in [0.4, 0.5) is 10.1 Å². The fourth-order valence-corrected chi connectivity index (χ4v) is 6.62. The first-order valence-corrected chi connectivity index (χ1v) is 16.5. The number of rotatable bonds is 13. The quantitative estimate of drug-likeness (QED) is 0.171. The van der Waals surface area contributed by atoms with Gasteiger partial charge in [-0.15, -0.1) is 0 Å². The number of anilines is 1. The van der Waals surface area contributed by atoms with Crippen LogP contribution in [0, 0.1) is 11.7 Å². The number of carbonyl (C=O) groups is 2. The molecule has 2 amide bonds. The Kier molecular flexibility index (Phi) is 11.6. The number of amides is 2. The van der Waals surface area contributed by atoms with Crippen LogP contribution in [0.25, 0.3) is 0 Å². The Morgan fingerprint density at radius 3 is 1.98 bits per heavy atom. The fourth-order valence-electron chi connectivity index (χ4n) is 4.69. The fraction of sp³-hybridized carbons (Fsp3) is 0.235. The van der Waals surface area contributed by atoms with Crippen LogP contribution in [-0.2, 0) is 32.6 Å². The molecule has 11 heteroatoms.